The molecular formula is C32H34N6O. The first-order chi connectivity index (χ1) is 18.9. The van der Waals surface area contributed by atoms with Gasteiger partial charge in [-0.15, -0.1) is 0 Å². The van der Waals surface area contributed by atoms with Crippen molar-refractivity contribution in [3.63, 3.8) is 0 Å². The van der Waals surface area contributed by atoms with Crippen molar-refractivity contribution in [2.45, 2.75) is 45.4 Å². The first kappa shape index (κ1) is 25.0. The van der Waals surface area contributed by atoms with Gasteiger partial charge in [0.2, 0.25) is 0 Å². The molecule has 2 atom stereocenters. The van der Waals surface area contributed by atoms with Gasteiger partial charge in [0.15, 0.2) is 0 Å². The second-order valence-electron chi connectivity index (χ2n) is 10.8. The number of rotatable bonds is 7. The molecule has 0 saturated heterocycles. The number of hydrogen-bond donors (Lipinski definition) is 3. The Bertz CT molecular complexity index is 1710. The Morgan fingerprint density at radius 1 is 1.15 bits per heavy atom. The minimum absolute atomic E-state index is 0.0227. The molecule has 39 heavy (non-hydrogen) atoms. The number of aryl methyl sites for hydroxylation is 2. The lowest BCUT2D eigenvalue weighted by Crippen LogP contribution is -2.25. The molecule has 0 saturated carbocycles. The van der Waals surface area contributed by atoms with Crippen LogP contribution in [-0.2, 0) is 26.3 Å². The fourth-order valence-electron chi connectivity index (χ4n) is 5.86. The zero-order valence-corrected chi connectivity index (χ0v) is 22.7. The number of amides is 1. The molecule has 5 aromatic rings. The maximum Gasteiger partial charge on any atom is 0.251 e. The molecule has 2 aromatic heterocycles. The summed E-state index contributed by atoms with van der Waals surface area (Å²) in [6.07, 6.45) is 3.52. The molecule has 3 N–H and O–H groups in total. The van der Waals surface area contributed by atoms with Crippen LogP contribution in [0.25, 0.3) is 21.8 Å². The fraction of sp³-hybridized carbons (Fsp3) is 0.312. The Kier molecular flexibility index (Phi) is 6.51. The zero-order chi connectivity index (χ0) is 27.1. The van der Waals surface area contributed by atoms with Gasteiger partial charge >= 0.3 is 0 Å². The van der Waals surface area contributed by atoms with Crippen molar-refractivity contribution in [2.75, 3.05) is 6.54 Å². The van der Waals surface area contributed by atoms with E-state index in [1.165, 1.54) is 16.3 Å². The van der Waals surface area contributed by atoms with E-state index in [4.69, 9.17) is 15.4 Å². The number of nitrogens with zero attached hydrogens (tertiary/aromatic N) is 3. The summed E-state index contributed by atoms with van der Waals surface area (Å²) in [6.45, 7) is 4.58. The van der Waals surface area contributed by atoms with Gasteiger partial charge in [0.25, 0.3) is 5.91 Å². The highest BCUT2D eigenvalue weighted by atomic mass is 16.1. The first-order valence-corrected chi connectivity index (χ1v) is 13.7. The van der Waals surface area contributed by atoms with E-state index in [-0.39, 0.29) is 11.8 Å². The molecule has 0 fully saturated rings. The lowest BCUT2D eigenvalue weighted by Gasteiger charge is -2.19. The molecule has 1 aliphatic rings. The van der Waals surface area contributed by atoms with E-state index in [0.717, 1.165) is 65.5 Å². The van der Waals surface area contributed by atoms with Crippen molar-refractivity contribution in [1.82, 2.24) is 24.8 Å². The van der Waals surface area contributed by atoms with Gasteiger partial charge in [0.05, 0.1) is 22.6 Å². The van der Waals surface area contributed by atoms with Gasteiger partial charge in [-0.1, -0.05) is 42.5 Å². The van der Waals surface area contributed by atoms with Crippen LogP contribution in [-0.4, -0.2) is 37.7 Å². The summed E-state index contributed by atoms with van der Waals surface area (Å²) in [6, 6.07) is 20.4. The van der Waals surface area contributed by atoms with Crippen LogP contribution in [0, 0.1) is 11.3 Å². The minimum atomic E-state index is -0.0808. The van der Waals surface area contributed by atoms with Crippen LogP contribution in [0.3, 0.4) is 0 Å². The van der Waals surface area contributed by atoms with Gasteiger partial charge < -0.3 is 20.3 Å². The number of aromatic amines is 1. The lowest BCUT2D eigenvalue weighted by molar-refractivity contribution is 0.0954. The third-order valence-corrected chi connectivity index (χ3v) is 8.21. The number of benzene rings is 3. The van der Waals surface area contributed by atoms with E-state index in [1.54, 1.807) is 0 Å². The largest absolute Gasteiger partial charge is 0.352 e. The van der Waals surface area contributed by atoms with Crippen LogP contribution in [0.4, 0.5) is 0 Å². The predicted octanol–water partition coefficient (Wildman–Crippen LogP) is 5.72. The summed E-state index contributed by atoms with van der Waals surface area (Å²) in [4.78, 5) is 26.4. The highest BCUT2D eigenvalue weighted by Gasteiger charge is 2.26. The van der Waals surface area contributed by atoms with Crippen molar-refractivity contribution < 1.29 is 4.79 Å². The van der Waals surface area contributed by atoms with E-state index in [2.05, 4.69) is 58.2 Å². The minimum Gasteiger partial charge on any atom is -0.352 e. The molecular weight excluding hydrogens is 484 g/mol. The fourth-order valence-corrected chi connectivity index (χ4v) is 5.86. The number of imidazole rings is 2. The number of carbonyl (C=O) groups is 1. The SMILES string of the molecule is CC(=N)C1CCc2nc(C(C)c3nc4ccc(C(=O)NCCc5cccc6ccccc56)cc4n3C)[nH]c2C1. The molecule has 0 spiro atoms. The quantitative estimate of drug-likeness (QED) is 0.240. The van der Waals surface area contributed by atoms with Gasteiger partial charge in [-0.3, -0.25) is 4.79 Å². The smallest absolute Gasteiger partial charge is 0.251 e. The number of carbonyl (C=O) groups excluding carboxylic acids is 1. The summed E-state index contributed by atoms with van der Waals surface area (Å²) in [7, 11) is 2.00. The standard InChI is InChI=1S/C32H34N6O/c1-19(30-35-26-13-11-23(20(2)33)17-28(26)36-30)31-37-27-14-12-24(18-29(27)38(31)3)32(39)34-16-15-22-9-6-8-21-7-4-5-10-25(21)22/h4-10,12,14,18-19,23,33H,11,13,15-17H2,1-3H3,(H,34,39)(H,35,36). The predicted molar refractivity (Wildman–Crippen MR) is 156 cm³/mol. The van der Waals surface area contributed by atoms with Crippen molar-refractivity contribution in [2.24, 2.45) is 13.0 Å². The Hall–Kier alpha value is -4.26. The van der Waals surface area contributed by atoms with Crippen molar-refractivity contribution in [3.8, 4) is 0 Å². The van der Waals surface area contributed by atoms with Crippen LogP contribution in [0.2, 0.25) is 0 Å². The normalized spacial score (nSPS) is 15.8. The third kappa shape index (κ3) is 4.73. The lowest BCUT2D eigenvalue weighted by atomic mass is 9.87. The summed E-state index contributed by atoms with van der Waals surface area (Å²) in [5.74, 6) is 2.01. The van der Waals surface area contributed by atoms with Crippen molar-refractivity contribution >= 4 is 33.4 Å². The molecule has 0 bridgehead atoms. The number of fused-ring (bicyclic) bond motifs is 3. The average molecular weight is 519 g/mol. The Morgan fingerprint density at radius 3 is 2.82 bits per heavy atom. The molecule has 198 valence electrons. The zero-order valence-electron chi connectivity index (χ0n) is 22.7. The molecule has 0 radical (unpaired) electrons. The highest BCUT2D eigenvalue weighted by molar-refractivity contribution is 5.97. The van der Waals surface area contributed by atoms with Crippen LogP contribution >= 0.6 is 0 Å². The molecule has 7 heteroatoms. The summed E-state index contributed by atoms with van der Waals surface area (Å²) >= 11 is 0. The second-order valence-corrected chi connectivity index (χ2v) is 10.8. The number of hydrogen-bond acceptors (Lipinski definition) is 4. The Balaban J connectivity index is 1.17. The average Bonchev–Trinajstić information content (AvgIpc) is 3.53. The molecule has 1 amide bonds. The summed E-state index contributed by atoms with van der Waals surface area (Å²) in [5.41, 5.74) is 6.67. The topological polar surface area (TPSA) is 99.4 Å². The van der Waals surface area contributed by atoms with Crippen molar-refractivity contribution in [3.05, 3.63) is 94.8 Å². The van der Waals surface area contributed by atoms with Gasteiger partial charge in [0, 0.05) is 36.5 Å². The maximum atomic E-state index is 13.0. The van der Waals surface area contributed by atoms with Gasteiger partial charge in [-0.2, -0.15) is 0 Å². The molecule has 7 nitrogen and oxygen atoms in total. The number of aromatic nitrogens is 4. The van der Waals surface area contributed by atoms with Gasteiger partial charge in [0.1, 0.15) is 11.6 Å². The molecule has 2 unspecified atom stereocenters. The molecule has 6 rings (SSSR count). The molecule has 2 heterocycles. The van der Waals surface area contributed by atoms with E-state index in [9.17, 15) is 4.79 Å². The summed E-state index contributed by atoms with van der Waals surface area (Å²) in [5, 5.41) is 13.6. The monoisotopic (exact) mass is 518 g/mol. The maximum absolute atomic E-state index is 13.0. The van der Waals surface area contributed by atoms with Crippen LogP contribution in [0.15, 0.2) is 60.7 Å². The Morgan fingerprint density at radius 2 is 1.97 bits per heavy atom. The first-order valence-electron chi connectivity index (χ1n) is 13.7. The number of H-pyrrole nitrogens is 1. The molecule has 3 aromatic carbocycles. The molecule has 1 aliphatic carbocycles. The summed E-state index contributed by atoms with van der Waals surface area (Å²) < 4.78 is 2.07. The highest BCUT2D eigenvalue weighted by Crippen LogP contribution is 2.30. The van der Waals surface area contributed by atoms with Gasteiger partial charge in [-0.25, -0.2) is 9.97 Å². The van der Waals surface area contributed by atoms with Crippen LogP contribution < -0.4 is 5.32 Å². The van der Waals surface area contributed by atoms with Crippen molar-refractivity contribution in [1.29, 1.82) is 5.41 Å². The van der Waals surface area contributed by atoms with E-state index < -0.39 is 0 Å². The van der Waals surface area contributed by atoms with E-state index >= 15 is 0 Å². The Labute approximate surface area is 228 Å². The van der Waals surface area contributed by atoms with Crippen LogP contribution in [0.5, 0.6) is 0 Å². The second kappa shape index (κ2) is 10.1. The number of nitrogens with one attached hydrogen (secondary N) is 3. The van der Waals surface area contributed by atoms with E-state index in [0.29, 0.717) is 18.0 Å². The van der Waals surface area contributed by atoms with E-state index in [1.807, 2.05) is 38.2 Å². The van der Waals surface area contributed by atoms with Gasteiger partial charge in [-0.05, 0) is 74.1 Å². The molecule has 0 aliphatic heterocycles. The third-order valence-electron chi connectivity index (χ3n) is 8.21. The van der Waals surface area contributed by atoms with Crippen LogP contribution in [0.1, 0.15) is 65.1 Å².